The van der Waals surface area contributed by atoms with Gasteiger partial charge in [0.25, 0.3) is 0 Å². The minimum Gasteiger partial charge on any atom is -0.423 e. The Balaban J connectivity index is 1.68. The Hall–Kier alpha value is -4.12. The summed E-state index contributed by atoms with van der Waals surface area (Å²) in [6.45, 7) is 4.06. The molecule has 174 valence electrons. The van der Waals surface area contributed by atoms with Crippen molar-refractivity contribution in [3.63, 3.8) is 0 Å². The number of hydrogen-bond donors (Lipinski definition) is 2. The van der Waals surface area contributed by atoms with E-state index in [2.05, 4.69) is 89.5 Å². The van der Waals surface area contributed by atoms with Crippen LogP contribution in [0.5, 0.6) is 0 Å². The van der Waals surface area contributed by atoms with Crippen molar-refractivity contribution < 1.29 is 10.0 Å². The lowest BCUT2D eigenvalue weighted by molar-refractivity contribution is 0.425. The van der Waals surface area contributed by atoms with E-state index in [4.69, 9.17) is 0 Å². The topological polar surface area (TPSA) is 45.4 Å². The van der Waals surface area contributed by atoms with Gasteiger partial charge in [-0.05, 0) is 77.0 Å². The third-order valence-corrected chi connectivity index (χ3v) is 7.01. The fourth-order valence-electron chi connectivity index (χ4n) is 5.38. The van der Waals surface area contributed by atoms with Gasteiger partial charge >= 0.3 is 7.12 Å². The highest BCUT2D eigenvalue weighted by molar-refractivity contribution is 6.58. The Bertz CT molecular complexity index is 1600. The standard InChI is InChI=1S/C32H26BNO2/c1-21-17-27(33(35)36)18-22(2)32(21)34-30-15-13-25(23-9-5-3-6-10-23)19-28(30)29-20-26(14-16-31(29)34)24-11-7-4-8-12-24/h3-20,35-36H,1-2H3. The average Bonchev–Trinajstić information content (AvgIpc) is 3.22. The van der Waals surface area contributed by atoms with Crippen LogP contribution in [0.25, 0.3) is 49.7 Å². The van der Waals surface area contributed by atoms with Crippen LogP contribution in [0.4, 0.5) is 0 Å². The zero-order chi connectivity index (χ0) is 24.8. The molecule has 0 unspecified atom stereocenters. The molecule has 0 saturated carbocycles. The summed E-state index contributed by atoms with van der Waals surface area (Å²) < 4.78 is 2.31. The third kappa shape index (κ3) is 3.72. The van der Waals surface area contributed by atoms with Crippen LogP contribution in [0, 0.1) is 13.8 Å². The molecular formula is C32H26BNO2. The maximum absolute atomic E-state index is 9.76. The number of fused-ring (bicyclic) bond motifs is 3. The molecule has 0 aliphatic rings. The number of rotatable bonds is 4. The summed E-state index contributed by atoms with van der Waals surface area (Å²) in [6, 6.07) is 38.0. The lowest BCUT2D eigenvalue weighted by atomic mass is 9.78. The first-order chi connectivity index (χ1) is 17.5. The maximum Gasteiger partial charge on any atom is 0.488 e. The average molecular weight is 467 g/mol. The second kappa shape index (κ2) is 8.83. The van der Waals surface area contributed by atoms with E-state index in [9.17, 15) is 10.0 Å². The first-order valence-corrected chi connectivity index (χ1v) is 12.2. The largest absolute Gasteiger partial charge is 0.488 e. The Labute approximate surface area is 211 Å². The lowest BCUT2D eigenvalue weighted by Crippen LogP contribution is -2.30. The van der Waals surface area contributed by atoms with E-state index in [0.717, 1.165) is 27.8 Å². The Kier molecular flexibility index (Phi) is 5.48. The second-order valence-corrected chi connectivity index (χ2v) is 9.41. The minimum absolute atomic E-state index is 0.507. The third-order valence-electron chi connectivity index (χ3n) is 7.01. The summed E-state index contributed by atoms with van der Waals surface area (Å²) in [6.07, 6.45) is 0. The molecular weight excluding hydrogens is 441 g/mol. The summed E-state index contributed by atoms with van der Waals surface area (Å²) in [4.78, 5) is 0. The van der Waals surface area contributed by atoms with Gasteiger partial charge in [-0.2, -0.15) is 0 Å². The van der Waals surface area contributed by atoms with Crippen LogP contribution in [0.2, 0.25) is 0 Å². The Morgan fingerprint density at radius 3 is 1.39 bits per heavy atom. The van der Waals surface area contributed by atoms with Gasteiger partial charge in [-0.25, -0.2) is 0 Å². The van der Waals surface area contributed by atoms with Crippen molar-refractivity contribution in [2.45, 2.75) is 13.8 Å². The number of hydrogen-bond acceptors (Lipinski definition) is 2. The second-order valence-electron chi connectivity index (χ2n) is 9.41. The number of aryl methyl sites for hydroxylation is 2. The monoisotopic (exact) mass is 467 g/mol. The molecule has 0 amide bonds. The Morgan fingerprint density at radius 1 is 0.528 bits per heavy atom. The quantitative estimate of drug-likeness (QED) is 0.294. The van der Waals surface area contributed by atoms with Crippen LogP contribution in [0.15, 0.2) is 109 Å². The van der Waals surface area contributed by atoms with E-state index in [0.29, 0.717) is 5.46 Å². The molecule has 1 aromatic heterocycles. The van der Waals surface area contributed by atoms with Gasteiger partial charge in [0.05, 0.1) is 16.7 Å². The SMILES string of the molecule is Cc1cc(B(O)O)cc(C)c1-n1c2ccc(-c3ccccc3)cc2c2cc(-c3ccccc3)ccc21. The van der Waals surface area contributed by atoms with Crippen molar-refractivity contribution in [2.75, 3.05) is 0 Å². The fourth-order valence-corrected chi connectivity index (χ4v) is 5.38. The van der Waals surface area contributed by atoms with Gasteiger partial charge in [-0.15, -0.1) is 0 Å². The molecule has 6 aromatic rings. The molecule has 5 aromatic carbocycles. The number of nitrogens with zero attached hydrogens (tertiary/aromatic N) is 1. The van der Waals surface area contributed by atoms with Crippen molar-refractivity contribution in [1.82, 2.24) is 4.57 Å². The summed E-state index contributed by atoms with van der Waals surface area (Å²) in [5.74, 6) is 0. The molecule has 0 aliphatic heterocycles. The molecule has 2 N–H and O–H groups in total. The lowest BCUT2D eigenvalue weighted by Gasteiger charge is -2.16. The van der Waals surface area contributed by atoms with Crippen molar-refractivity contribution in [3.05, 3.63) is 120 Å². The van der Waals surface area contributed by atoms with Crippen LogP contribution in [0.1, 0.15) is 11.1 Å². The van der Waals surface area contributed by atoms with E-state index in [1.54, 1.807) is 0 Å². The predicted molar refractivity (Wildman–Crippen MR) is 151 cm³/mol. The molecule has 0 saturated heterocycles. The van der Waals surface area contributed by atoms with E-state index in [1.165, 1.54) is 33.0 Å². The van der Waals surface area contributed by atoms with E-state index < -0.39 is 7.12 Å². The van der Waals surface area contributed by atoms with E-state index in [-0.39, 0.29) is 0 Å². The highest BCUT2D eigenvalue weighted by Crippen LogP contribution is 2.38. The maximum atomic E-state index is 9.76. The van der Waals surface area contributed by atoms with Crippen molar-refractivity contribution >= 4 is 34.4 Å². The molecule has 4 heteroatoms. The van der Waals surface area contributed by atoms with Gasteiger partial charge in [-0.1, -0.05) is 84.9 Å². The minimum atomic E-state index is -1.49. The zero-order valence-electron chi connectivity index (χ0n) is 20.3. The highest BCUT2D eigenvalue weighted by atomic mass is 16.4. The van der Waals surface area contributed by atoms with Crippen LogP contribution in [-0.2, 0) is 0 Å². The van der Waals surface area contributed by atoms with E-state index in [1.807, 2.05) is 38.1 Å². The highest BCUT2D eigenvalue weighted by Gasteiger charge is 2.20. The summed E-state index contributed by atoms with van der Waals surface area (Å²) in [7, 11) is -1.49. The summed E-state index contributed by atoms with van der Waals surface area (Å²) in [5.41, 5.74) is 10.6. The smallest absolute Gasteiger partial charge is 0.423 e. The van der Waals surface area contributed by atoms with Crippen LogP contribution < -0.4 is 5.46 Å². The van der Waals surface area contributed by atoms with Crippen molar-refractivity contribution in [3.8, 4) is 27.9 Å². The van der Waals surface area contributed by atoms with E-state index >= 15 is 0 Å². The van der Waals surface area contributed by atoms with Crippen molar-refractivity contribution in [2.24, 2.45) is 0 Å². The van der Waals surface area contributed by atoms with Gasteiger partial charge in [0.1, 0.15) is 0 Å². The van der Waals surface area contributed by atoms with Gasteiger partial charge in [0.15, 0.2) is 0 Å². The molecule has 0 spiro atoms. The molecule has 1 heterocycles. The van der Waals surface area contributed by atoms with Gasteiger partial charge in [0, 0.05) is 10.8 Å². The van der Waals surface area contributed by atoms with Gasteiger partial charge in [-0.3, -0.25) is 0 Å². The van der Waals surface area contributed by atoms with Gasteiger partial charge < -0.3 is 14.6 Å². The molecule has 0 atom stereocenters. The number of benzene rings is 5. The van der Waals surface area contributed by atoms with Crippen molar-refractivity contribution in [1.29, 1.82) is 0 Å². The molecule has 0 aliphatic carbocycles. The van der Waals surface area contributed by atoms with Crippen LogP contribution in [-0.4, -0.2) is 21.7 Å². The fraction of sp³-hybridized carbons (Fsp3) is 0.0625. The predicted octanol–water partition coefficient (Wildman–Crippen LogP) is 6.41. The first kappa shape index (κ1) is 22.4. The molecule has 3 nitrogen and oxygen atoms in total. The number of aromatic nitrogens is 1. The molecule has 6 rings (SSSR count). The summed E-state index contributed by atoms with van der Waals surface area (Å²) in [5, 5.41) is 21.9. The van der Waals surface area contributed by atoms with Crippen LogP contribution in [0.3, 0.4) is 0 Å². The molecule has 0 radical (unpaired) electrons. The Morgan fingerprint density at radius 2 is 0.972 bits per heavy atom. The van der Waals surface area contributed by atoms with Gasteiger partial charge in [0.2, 0.25) is 0 Å². The normalized spacial score (nSPS) is 11.3. The van der Waals surface area contributed by atoms with Crippen LogP contribution >= 0.6 is 0 Å². The first-order valence-electron chi connectivity index (χ1n) is 12.2. The molecule has 36 heavy (non-hydrogen) atoms. The molecule has 0 bridgehead atoms. The zero-order valence-corrected chi connectivity index (χ0v) is 20.3. The molecule has 0 fully saturated rings. The summed E-state index contributed by atoms with van der Waals surface area (Å²) >= 11 is 0.